The summed E-state index contributed by atoms with van der Waals surface area (Å²) in [5, 5.41) is 0. The number of hydrogen-bond donors (Lipinski definition) is 0. The highest BCUT2D eigenvalue weighted by atomic mass is 13.9. The first-order valence-electron chi connectivity index (χ1n) is 6.17. The Morgan fingerprint density at radius 2 is 1.39 bits per heavy atom. The van der Waals surface area contributed by atoms with Gasteiger partial charge in [-0.2, -0.15) is 0 Å². The lowest BCUT2D eigenvalue weighted by molar-refractivity contribution is 1.13. The molecule has 0 N–H and O–H groups in total. The summed E-state index contributed by atoms with van der Waals surface area (Å²) in [5.41, 5.74) is 1.38. The predicted molar refractivity (Wildman–Crippen MR) is 92.5 cm³/mol. The van der Waals surface area contributed by atoms with Crippen LogP contribution in [0.4, 0.5) is 0 Å². The summed E-state index contributed by atoms with van der Waals surface area (Å²) < 4.78 is 0. The first-order chi connectivity index (χ1) is 8.93. The zero-order valence-electron chi connectivity index (χ0n) is 10.6. The Kier molecular flexibility index (Phi) is 10.6. The third kappa shape index (κ3) is 8.89. The lowest BCUT2D eigenvalue weighted by Crippen LogP contribution is -2.31. The highest BCUT2D eigenvalue weighted by Gasteiger charge is 1.98. The van der Waals surface area contributed by atoms with Crippen LogP contribution >= 0.6 is 0 Å². The molecule has 0 heterocycles. The summed E-state index contributed by atoms with van der Waals surface area (Å²) in [4.78, 5) is 0. The second-order valence-corrected chi connectivity index (χ2v) is 3.80. The van der Waals surface area contributed by atoms with E-state index in [4.69, 9.17) is 7.74 Å². The third-order valence-electron chi connectivity index (χ3n) is 2.36. The van der Waals surface area contributed by atoms with Gasteiger partial charge in [-0.25, -0.2) is 0 Å². The van der Waals surface area contributed by atoms with Crippen LogP contribution < -0.4 is 0 Å². The molecule has 0 aromatic heterocycles. The van der Waals surface area contributed by atoms with Gasteiger partial charge in [-0.1, -0.05) is 36.7 Å². The molecule has 71 valence electrons. The van der Waals surface area contributed by atoms with E-state index in [1.807, 2.05) is 41.4 Å². The third-order valence-corrected chi connectivity index (χ3v) is 2.36. The van der Waals surface area contributed by atoms with Crippen molar-refractivity contribution in [2.75, 3.05) is 0 Å². The van der Waals surface area contributed by atoms with Crippen molar-refractivity contribution < 1.29 is 0 Å². The van der Waals surface area contributed by atoms with E-state index in [2.05, 4.69) is 38.5 Å². The Bertz CT molecular complexity index is 280. The largest absolute Gasteiger partial charge is 0.0855 e. The zero-order chi connectivity index (χ0) is 12.9. The molecule has 0 bridgehead atoms. The van der Waals surface area contributed by atoms with Crippen LogP contribution in [0.15, 0.2) is 30.3 Å². The second-order valence-electron chi connectivity index (χ2n) is 3.80. The van der Waals surface area contributed by atoms with Gasteiger partial charge >= 0.3 is 0 Å². The molecule has 0 fully saturated rings. The van der Waals surface area contributed by atoms with Crippen molar-refractivity contribution in [1.82, 2.24) is 0 Å². The normalized spacial score (nSPS) is 8.67. The summed E-state index contributed by atoms with van der Waals surface area (Å²) in [7, 11) is 22.6. The van der Waals surface area contributed by atoms with E-state index in [1.54, 1.807) is 7.06 Å². The molecule has 0 saturated heterocycles. The molecule has 0 amide bonds. The first kappa shape index (κ1) is 15.9. The topological polar surface area (TPSA) is 0 Å². The molecule has 0 spiro atoms. The molecule has 10 heteroatoms. The number of benzene rings is 1. The molecule has 1 aromatic rings. The molecule has 0 atom stereocenters. The Morgan fingerprint density at radius 3 is 2.06 bits per heavy atom. The molecule has 0 unspecified atom stereocenters. The number of hydrogen-bond acceptors (Lipinski definition) is 0. The molecule has 0 aliphatic rings. The molecule has 1 rings (SSSR count). The monoisotopic (exact) mass is 215 g/mol. The van der Waals surface area contributed by atoms with Gasteiger partial charge in [0.15, 0.2) is 0 Å². The fourth-order valence-corrected chi connectivity index (χ4v) is 1.45. The standard InChI is InChI=1S/C8H9B10/c9-11-13-15-17-18-16-14-12-10-7-6-8-4-2-1-3-5-8/h1-5H,6-7H2. The average Bonchev–Trinajstić information content (AvgIpc) is 2.42. The van der Waals surface area contributed by atoms with Crippen molar-refractivity contribution in [2.24, 2.45) is 0 Å². The van der Waals surface area contributed by atoms with Gasteiger partial charge in [0.05, 0.1) is 7.17 Å². The van der Waals surface area contributed by atoms with Crippen LogP contribution in [0.3, 0.4) is 0 Å². The highest BCUT2D eigenvalue weighted by molar-refractivity contribution is 7.68. The quantitative estimate of drug-likeness (QED) is 0.306. The van der Waals surface area contributed by atoms with Crippen molar-refractivity contribution in [1.29, 1.82) is 0 Å². The molecule has 0 aliphatic carbocycles. The number of rotatable bonds is 11. The van der Waals surface area contributed by atoms with Crippen molar-refractivity contribution in [3.63, 3.8) is 0 Å². The zero-order valence-corrected chi connectivity index (χ0v) is 10.6. The van der Waals surface area contributed by atoms with Gasteiger partial charge in [0.2, 0.25) is 0 Å². The maximum absolute atomic E-state index is 5.20. The molecule has 0 aliphatic heterocycles. The summed E-state index contributed by atoms with van der Waals surface area (Å²) in [5.74, 6) is 0. The lowest BCUT2D eigenvalue weighted by Gasteiger charge is -2.00. The van der Waals surface area contributed by atoms with Gasteiger partial charge in [-0.05, 0) is 12.0 Å². The van der Waals surface area contributed by atoms with Crippen molar-refractivity contribution >= 4 is 71.4 Å². The molecule has 0 nitrogen and oxygen atoms in total. The van der Waals surface area contributed by atoms with Crippen LogP contribution in [-0.4, -0.2) is 71.4 Å². The molecule has 1 aromatic carbocycles. The van der Waals surface area contributed by atoms with Crippen LogP contribution in [-0.2, 0) is 6.42 Å². The molecular formula is C8H9B10. The Balaban J connectivity index is 1.82. The Hall–Kier alpha value is -0.131. The van der Waals surface area contributed by atoms with Crippen LogP contribution in [0.1, 0.15) is 5.56 Å². The van der Waals surface area contributed by atoms with Crippen LogP contribution in [0.25, 0.3) is 0 Å². The van der Waals surface area contributed by atoms with E-state index >= 15 is 0 Å². The minimum Gasteiger partial charge on any atom is -0.0855 e. The predicted octanol–water partition coefficient (Wildman–Crippen LogP) is -1.61. The fraction of sp³-hybridized carbons (Fsp3) is 0.250. The second kappa shape index (κ2) is 11.9. The maximum atomic E-state index is 5.20. The van der Waals surface area contributed by atoms with Gasteiger partial charge in [-0.15, -0.1) is 0 Å². The van der Waals surface area contributed by atoms with Gasteiger partial charge in [0.1, 0.15) is 0 Å². The van der Waals surface area contributed by atoms with E-state index in [9.17, 15) is 0 Å². The van der Waals surface area contributed by atoms with Crippen LogP contribution in [0.5, 0.6) is 0 Å². The van der Waals surface area contributed by atoms with E-state index in [1.165, 1.54) is 12.6 Å². The fourth-order valence-electron chi connectivity index (χ4n) is 1.45. The summed E-state index contributed by atoms with van der Waals surface area (Å²) in [6, 6.07) is 10.5. The van der Waals surface area contributed by atoms with Gasteiger partial charge in [0, 0.05) is 64.2 Å². The molecule has 18 heavy (non-hydrogen) atoms. The van der Waals surface area contributed by atoms with E-state index < -0.39 is 0 Å². The summed E-state index contributed by atoms with van der Waals surface area (Å²) in [6.45, 7) is 0. The average molecular weight is 213 g/mol. The minimum atomic E-state index is 1.07. The minimum absolute atomic E-state index is 1.07. The van der Waals surface area contributed by atoms with Crippen molar-refractivity contribution in [3.8, 4) is 0 Å². The van der Waals surface area contributed by atoms with Gasteiger partial charge < -0.3 is 0 Å². The van der Waals surface area contributed by atoms with Crippen LogP contribution in [0.2, 0.25) is 6.32 Å². The molecule has 11 radical (unpaired) electrons. The molecular weight excluding hydrogens is 204 g/mol. The Morgan fingerprint density at radius 1 is 0.778 bits per heavy atom. The van der Waals surface area contributed by atoms with Gasteiger partial charge in [-0.3, -0.25) is 0 Å². The SMILES string of the molecule is [B][B][B][B][B][B][B][B][B][B]CCc1ccccc1. The maximum Gasteiger partial charge on any atom is 0.0548 e. The van der Waals surface area contributed by atoms with E-state index in [0.717, 1.165) is 12.7 Å². The van der Waals surface area contributed by atoms with Crippen LogP contribution in [0, 0.1) is 0 Å². The van der Waals surface area contributed by atoms with Crippen molar-refractivity contribution in [3.05, 3.63) is 35.9 Å². The first-order valence-corrected chi connectivity index (χ1v) is 6.17. The highest BCUT2D eigenvalue weighted by Crippen LogP contribution is 2.01. The lowest BCUT2D eigenvalue weighted by atomic mass is 8.89. The van der Waals surface area contributed by atoms with E-state index in [-0.39, 0.29) is 0 Å². The smallest absolute Gasteiger partial charge is 0.0548 e. The Labute approximate surface area is 120 Å². The summed E-state index contributed by atoms with van der Waals surface area (Å²) >= 11 is 0. The molecule has 0 saturated carbocycles. The van der Waals surface area contributed by atoms with Gasteiger partial charge in [0.25, 0.3) is 0 Å². The van der Waals surface area contributed by atoms with Crippen molar-refractivity contribution in [2.45, 2.75) is 12.7 Å². The number of aryl methyl sites for hydroxylation is 1. The summed E-state index contributed by atoms with van der Waals surface area (Å²) in [6.07, 6.45) is 2.16. The van der Waals surface area contributed by atoms with E-state index in [0.29, 0.717) is 0 Å².